The number of aliphatic hydroxyl groups excluding tert-OH is 1. The van der Waals surface area contributed by atoms with Gasteiger partial charge in [-0.2, -0.15) is 5.26 Å². The third-order valence-corrected chi connectivity index (χ3v) is 3.41. The Bertz CT molecular complexity index is 442. The fraction of sp³-hybridized carbons (Fsp3) is 0.462. The molecule has 0 spiro atoms. The topological polar surface area (TPSA) is 56.0 Å². The van der Waals surface area contributed by atoms with E-state index in [1.807, 2.05) is 0 Å². The first-order chi connectivity index (χ1) is 8.20. The summed E-state index contributed by atoms with van der Waals surface area (Å²) in [5, 5.41) is 22.7. The Hall–Kier alpha value is -1.24. The van der Waals surface area contributed by atoms with Gasteiger partial charge in [0.15, 0.2) is 0 Å². The second-order valence-electron chi connectivity index (χ2n) is 4.40. The second kappa shape index (κ2) is 5.39. The van der Waals surface area contributed by atoms with Crippen LogP contribution in [0, 0.1) is 11.3 Å². The van der Waals surface area contributed by atoms with Gasteiger partial charge in [-0.15, -0.1) is 0 Å². The minimum atomic E-state index is -0.339. The largest absolute Gasteiger partial charge is 0.391 e. The summed E-state index contributed by atoms with van der Waals surface area (Å²) in [5.74, 6) is 0. The Labute approximate surface area is 106 Å². The highest BCUT2D eigenvalue weighted by Gasteiger charge is 2.23. The smallest absolute Gasteiger partial charge is 0.101 e. The van der Waals surface area contributed by atoms with Gasteiger partial charge in [0.25, 0.3) is 0 Å². The first kappa shape index (κ1) is 12.2. The van der Waals surface area contributed by atoms with E-state index in [9.17, 15) is 5.11 Å². The van der Waals surface area contributed by atoms with E-state index in [2.05, 4.69) is 11.4 Å². The van der Waals surface area contributed by atoms with Gasteiger partial charge in [0.05, 0.1) is 23.4 Å². The van der Waals surface area contributed by atoms with Crippen LogP contribution in [0.3, 0.4) is 0 Å². The van der Waals surface area contributed by atoms with Crippen molar-refractivity contribution in [2.45, 2.75) is 37.8 Å². The Balaban J connectivity index is 2.17. The summed E-state index contributed by atoms with van der Waals surface area (Å²) in [6.45, 7) is 0. The van der Waals surface area contributed by atoms with Crippen molar-refractivity contribution in [2.24, 2.45) is 0 Å². The van der Waals surface area contributed by atoms with Crippen LogP contribution in [0.5, 0.6) is 0 Å². The number of halogens is 1. The molecule has 4 heteroatoms. The van der Waals surface area contributed by atoms with Gasteiger partial charge in [-0.1, -0.05) is 24.4 Å². The van der Waals surface area contributed by atoms with Gasteiger partial charge in [-0.3, -0.25) is 0 Å². The Morgan fingerprint density at radius 2 is 2.12 bits per heavy atom. The number of anilines is 1. The lowest BCUT2D eigenvalue weighted by molar-refractivity contribution is 0.116. The molecule has 1 aromatic carbocycles. The van der Waals surface area contributed by atoms with E-state index in [0.29, 0.717) is 16.3 Å². The van der Waals surface area contributed by atoms with Crippen LogP contribution in [-0.4, -0.2) is 17.3 Å². The molecule has 1 aliphatic rings. The lowest BCUT2D eigenvalue weighted by Crippen LogP contribution is -2.36. The van der Waals surface area contributed by atoms with Crippen molar-refractivity contribution in [1.82, 2.24) is 0 Å². The van der Waals surface area contributed by atoms with Gasteiger partial charge in [-0.25, -0.2) is 0 Å². The molecule has 0 aromatic heterocycles. The summed E-state index contributed by atoms with van der Waals surface area (Å²) < 4.78 is 0. The summed E-state index contributed by atoms with van der Waals surface area (Å²) in [6.07, 6.45) is 3.59. The highest BCUT2D eigenvalue weighted by atomic mass is 35.5. The first-order valence-corrected chi connectivity index (χ1v) is 6.23. The Kier molecular flexibility index (Phi) is 3.88. The zero-order valence-corrected chi connectivity index (χ0v) is 10.2. The third kappa shape index (κ3) is 2.91. The molecule has 90 valence electrons. The maximum atomic E-state index is 9.88. The Morgan fingerprint density at radius 3 is 2.82 bits per heavy atom. The maximum Gasteiger partial charge on any atom is 0.101 e. The van der Waals surface area contributed by atoms with Crippen molar-refractivity contribution < 1.29 is 5.11 Å². The lowest BCUT2D eigenvalue weighted by Gasteiger charge is -2.29. The van der Waals surface area contributed by atoms with Crippen LogP contribution in [0.4, 0.5) is 5.69 Å². The first-order valence-electron chi connectivity index (χ1n) is 5.85. The van der Waals surface area contributed by atoms with Gasteiger partial charge >= 0.3 is 0 Å². The van der Waals surface area contributed by atoms with Gasteiger partial charge in [0.2, 0.25) is 0 Å². The molecule has 3 nitrogen and oxygen atoms in total. The molecule has 2 N–H and O–H groups in total. The average molecular weight is 251 g/mol. The molecule has 1 aliphatic carbocycles. The zero-order valence-electron chi connectivity index (χ0n) is 9.49. The summed E-state index contributed by atoms with van der Waals surface area (Å²) in [5.41, 5.74) is 1.28. The van der Waals surface area contributed by atoms with E-state index in [4.69, 9.17) is 16.9 Å². The van der Waals surface area contributed by atoms with Crippen LogP contribution in [0.2, 0.25) is 5.02 Å². The molecule has 0 amide bonds. The standard InChI is InChI=1S/C13H15ClN2O/c14-10-6-5-9(8-15)12(7-10)16-11-3-1-2-4-13(11)17/h5-7,11,13,16-17H,1-4H2/t11-,13-/m0/s1. The number of nitrogens with one attached hydrogen (secondary N) is 1. The molecular formula is C13H15ClN2O. The molecule has 1 aromatic rings. The van der Waals surface area contributed by atoms with Crippen LogP contribution in [0.15, 0.2) is 18.2 Å². The SMILES string of the molecule is N#Cc1ccc(Cl)cc1N[C@H]1CCCC[C@@H]1O. The summed E-state index contributed by atoms with van der Waals surface area (Å²) >= 11 is 5.92. The molecule has 0 heterocycles. The summed E-state index contributed by atoms with van der Waals surface area (Å²) in [4.78, 5) is 0. The number of hydrogen-bond acceptors (Lipinski definition) is 3. The predicted molar refractivity (Wildman–Crippen MR) is 68.1 cm³/mol. The number of aliphatic hydroxyl groups is 1. The van der Waals surface area contributed by atoms with E-state index in [1.165, 1.54) is 0 Å². The summed E-state index contributed by atoms with van der Waals surface area (Å²) in [7, 11) is 0. The van der Waals surface area contributed by atoms with Crippen molar-refractivity contribution in [3.8, 4) is 6.07 Å². The molecule has 0 radical (unpaired) electrons. The van der Waals surface area contributed by atoms with Gasteiger partial charge in [-0.05, 0) is 31.0 Å². The minimum Gasteiger partial charge on any atom is -0.391 e. The van der Waals surface area contributed by atoms with Crippen molar-refractivity contribution in [3.05, 3.63) is 28.8 Å². The van der Waals surface area contributed by atoms with Crippen molar-refractivity contribution >= 4 is 17.3 Å². The number of nitriles is 1. The molecular weight excluding hydrogens is 236 g/mol. The van der Waals surface area contributed by atoms with Gasteiger partial charge in [0, 0.05) is 5.02 Å². The zero-order chi connectivity index (χ0) is 12.3. The molecule has 2 rings (SSSR count). The van der Waals surface area contributed by atoms with E-state index in [-0.39, 0.29) is 12.1 Å². The summed E-state index contributed by atoms with van der Waals surface area (Å²) in [6, 6.07) is 7.28. The second-order valence-corrected chi connectivity index (χ2v) is 4.84. The molecule has 0 aliphatic heterocycles. The van der Waals surface area contributed by atoms with Gasteiger partial charge in [0.1, 0.15) is 6.07 Å². The normalized spacial score (nSPS) is 24.1. The molecule has 17 heavy (non-hydrogen) atoms. The molecule has 1 saturated carbocycles. The molecule has 0 bridgehead atoms. The van der Waals surface area contributed by atoms with E-state index < -0.39 is 0 Å². The fourth-order valence-electron chi connectivity index (χ4n) is 2.21. The highest BCUT2D eigenvalue weighted by molar-refractivity contribution is 6.30. The van der Waals surface area contributed by atoms with E-state index in [0.717, 1.165) is 25.7 Å². The van der Waals surface area contributed by atoms with Crippen LogP contribution in [0.25, 0.3) is 0 Å². The van der Waals surface area contributed by atoms with Crippen molar-refractivity contribution in [3.63, 3.8) is 0 Å². The fourth-order valence-corrected chi connectivity index (χ4v) is 2.38. The average Bonchev–Trinajstić information content (AvgIpc) is 2.32. The molecule has 0 saturated heterocycles. The number of benzene rings is 1. The number of nitrogens with zero attached hydrogens (tertiary/aromatic N) is 1. The molecule has 1 fully saturated rings. The maximum absolute atomic E-state index is 9.88. The van der Waals surface area contributed by atoms with Crippen LogP contribution in [-0.2, 0) is 0 Å². The molecule has 0 unspecified atom stereocenters. The van der Waals surface area contributed by atoms with Crippen molar-refractivity contribution in [1.29, 1.82) is 5.26 Å². The third-order valence-electron chi connectivity index (χ3n) is 3.17. The van der Waals surface area contributed by atoms with Gasteiger partial charge < -0.3 is 10.4 Å². The van der Waals surface area contributed by atoms with Crippen LogP contribution in [0.1, 0.15) is 31.2 Å². The minimum absolute atomic E-state index is 0.0225. The lowest BCUT2D eigenvalue weighted by atomic mass is 9.92. The quantitative estimate of drug-likeness (QED) is 0.849. The van der Waals surface area contributed by atoms with E-state index >= 15 is 0 Å². The van der Waals surface area contributed by atoms with Crippen LogP contribution < -0.4 is 5.32 Å². The number of rotatable bonds is 2. The molecule has 2 atom stereocenters. The highest BCUT2D eigenvalue weighted by Crippen LogP contribution is 2.26. The van der Waals surface area contributed by atoms with Crippen LogP contribution >= 0.6 is 11.6 Å². The van der Waals surface area contributed by atoms with E-state index in [1.54, 1.807) is 18.2 Å². The van der Waals surface area contributed by atoms with Crippen molar-refractivity contribution in [2.75, 3.05) is 5.32 Å². The Morgan fingerprint density at radius 1 is 1.35 bits per heavy atom. The number of hydrogen-bond donors (Lipinski definition) is 2. The predicted octanol–water partition coefficient (Wildman–Crippen LogP) is 2.93. The monoisotopic (exact) mass is 250 g/mol.